The first-order chi connectivity index (χ1) is 8.09. The first-order valence-corrected chi connectivity index (χ1v) is 5.68. The zero-order chi connectivity index (χ0) is 12.4. The number of alkyl halides is 1. The van der Waals surface area contributed by atoms with E-state index in [0.29, 0.717) is 22.9 Å². The fourth-order valence-electron chi connectivity index (χ4n) is 1.87. The number of nitro groups is 1. The van der Waals surface area contributed by atoms with Crippen molar-refractivity contribution in [2.75, 3.05) is 0 Å². The van der Waals surface area contributed by atoms with Gasteiger partial charge in [-0.3, -0.25) is 15.1 Å². The number of rotatable bonds is 3. The highest BCUT2D eigenvalue weighted by molar-refractivity contribution is 6.20. The van der Waals surface area contributed by atoms with Crippen LogP contribution in [-0.2, 0) is 6.42 Å². The van der Waals surface area contributed by atoms with Gasteiger partial charge < -0.3 is 0 Å². The minimum absolute atomic E-state index is 0.114. The zero-order valence-corrected chi connectivity index (χ0v) is 10.0. The molecule has 0 amide bonds. The second kappa shape index (κ2) is 4.67. The van der Waals surface area contributed by atoms with E-state index in [2.05, 4.69) is 4.98 Å². The number of nitro benzene ring substituents is 1. The predicted molar refractivity (Wildman–Crippen MR) is 67.4 cm³/mol. The SMILES string of the molecule is CC(Cl)Cc1ccc2ncccc2c1[N+](=O)[O-]. The fraction of sp³-hybridized carbons (Fsp3) is 0.250. The molecule has 0 N–H and O–H groups in total. The molecule has 0 aliphatic carbocycles. The summed E-state index contributed by atoms with van der Waals surface area (Å²) in [6, 6.07) is 6.93. The van der Waals surface area contributed by atoms with Crippen LogP contribution in [0.25, 0.3) is 10.9 Å². The van der Waals surface area contributed by atoms with Gasteiger partial charge in [-0.25, -0.2) is 0 Å². The highest BCUT2D eigenvalue weighted by atomic mass is 35.5. The lowest BCUT2D eigenvalue weighted by atomic mass is 10.0. The number of benzene rings is 1. The van der Waals surface area contributed by atoms with Crippen LogP contribution in [0.4, 0.5) is 5.69 Å². The van der Waals surface area contributed by atoms with E-state index in [1.165, 1.54) is 0 Å². The summed E-state index contributed by atoms with van der Waals surface area (Å²) in [7, 11) is 0. The van der Waals surface area contributed by atoms with Crippen molar-refractivity contribution >= 4 is 28.2 Å². The van der Waals surface area contributed by atoms with Gasteiger partial charge >= 0.3 is 0 Å². The molecule has 0 bridgehead atoms. The summed E-state index contributed by atoms with van der Waals surface area (Å²) in [6.07, 6.45) is 2.10. The van der Waals surface area contributed by atoms with E-state index in [1.807, 2.05) is 6.92 Å². The fourth-order valence-corrected chi connectivity index (χ4v) is 2.03. The molecule has 2 aromatic rings. The lowest BCUT2D eigenvalue weighted by Crippen LogP contribution is -2.02. The summed E-state index contributed by atoms with van der Waals surface area (Å²) in [5.41, 5.74) is 1.39. The first kappa shape index (κ1) is 11.8. The summed E-state index contributed by atoms with van der Waals surface area (Å²) in [5, 5.41) is 11.6. The maximum Gasteiger partial charge on any atom is 0.281 e. The molecule has 0 saturated carbocycles. The molecule has 2 rings (SSSR count). The molecule has 0 saturated heterocycles. The van der Waals surface area contributed by atoms with Gasteiger partial charge in [0.2, 0.25) is 0 Å². The normalized spacial score (nSPS) is 12.6. The number of nitrogens with zero attached hydrogens (tertiary/aromatic N) is 2. The monoisotopic (exact) mass is 250 g/mol. The second-order valence-corrected chi connectivity index (χ2v) is 4.63. The average molecular weight is 251 g/mol. The van der Waals surface area contributed by atoms with Crippen molar-refractivity contribution in [2.45, 2.75) is 18.7 Å². The van der Waals surface area contributed by atoms with Crippen LogP contribution in [0.15, 0.2) is 30.5 Å². The highest BCUT2D eigenvalue weighted by Gasteiger charge is 2.19. The number of halogens is 1. The molecule has 0 aliphatic heterocycles. The van der Waals surface area contributed by atoms with Crippen molar-refractivity contribution in [3.05, 3.63) is 46.1 Å². The van der Waals surface area contributed by atoms with Crippen molar-refractivity contribution in [3.8, 4) is 0 Å². The number of fused-ring (bicyclic) bond motifs is 1. The number of pyridine rings is 1. The number of hydrogen-bond donors (Lipinski definition) is 0. The molecular weight excluding hydrogens is 240 g/mol. The molecule has 0 radical (unpaired) electrons. The summed E-state index contributed by atoms with van der Waals surface area (Å²) < 4.78 is 0. The molecule has 1 aromatic heterocycles. The summed E-state index contributed by atoms with van der Waals surface area (Å²) in [4.78, 5) is 14.9. The molecule has 1 heterocycles. The van der Waals surface area contributed by atoms with Crippen LogP contribution < -0.4 is 0 Å². The molecule has 4 nitrogen and oxygen atoms in total. The molecule has 5 heteroatoms. The Balaban J connectivity index is 2.68. The number of aromatic nitrogens is 1. The summed E-state index contributed by atoms with van der Waals surface area (Å²) in [6.45, 7) is 1.82. The topological polar surface area (TPSA) is 56.0 Å². The summed E-state index contributed by atoms with van der Waals surface area (Å²) in [5.74, 6) is 0. The van der Waals surface area contributed by atoms with Gasteiger partial charge in [-0.1, -0.05) is 0 Å². The van der Waals surface area contributed by atoms with Crippen LogP contribution in [-0.4, -0.2) is 15.3 Å². The Morgan fingerprint density at radius 1 is 1.47 bits per heavy atom. The van der Waals surface area contributed by atoms with Crippen LogP contribution >= 0.6 is 11.6 Å². The van der Waals surface area contributed by atoms with E-state index in [0.717, 1.165) is 0 Å². The molecule has 0 aliphatic rings. The lowest BCUT2D eigenvalue weighted by Gasteiger charge is -2.06. The molecule has 17 heavy (non-hydrogen) atoms. The third-order valence-corrected chi connectivity index (χ3v) is 2.68. The molecule has 1 aromatic carbocycles. The van der Waals surface area contributed by atoms with E-state index in [4.69, 9.17) is 11.6 Å². The van der Waals surface area contributed by atoms with Crippen molar-refractivity contribution in [1.82, 2.24) is 4.98 Å². The third-order valence-electron chi connectivity index (χ3n) is 2.52. The van der Waals surface area contributed by atoms with Crippen LogP contribution in [0.3, 0.4) is 0 Å². The van der Waals surface area contributed by atoms with E-state index in [-0.39, 0.29) is 16.0 Å². The standard InChI is InChI=1S/C12H11ClN2O2/c1-8(13)7-9-4-5-11-10(3-2-6-14-11)12(9)15(16)17/h2-6,8H,7H2,1H3. The Bertz CT molecular complexity index is 569. The van der Waals surface area contributed by atoms with Crippen LogP contribution in [0.5, 0.6) is 0 Å². The minimum atomic E-state index is -0.362. The summed E-state index contributed by atoms with van der Waals surface area (Å²) >= 11 is 5.90. The molecule has 1 atom stereocenters. The van der Waals surface area contributed by atoms with Crippen molar-refractivity contribution in [2.24, 2.45) is 0 Å². The van der Waals surface area contributed by atoms with E-state index in [1.54, 1.807) is 30.5 Å². The van der Waals surface area contributed by atoms with Crippen LogP contribution in [0.2, 0.25) is 0 Å². The molecule has 88 valence electrons. The zero-order valence-electron chi connectivity index (χ0n) is 9.26. The predicted octanol–water partition coefficient (Wildman–Crippen LogP) is 3.31. The van der Waals surface area contributed by atoms with Gasteiger partial charge in [0, 0.05) is 17.1 Å². The van der Waals surface area contributed by atoms with Crippen molar-refractivity contribution in [1.29, 1.82) is 0 Å². The Kier molecular flexibility index (Phi) is 3.24. The molecule has 0 fully saturated rings. The first-order valence-electron chi connectivity index (χ1n) is 5.24. The van der Waals surface area contributed by atoms with Gasteiger partial charge in [-0.15, -0.1) is 11.6 Å². The Hall–Kier alpha value is -1.68. The van der Waals surface area contributed by atoms with Gasteiger partial charge in [-0.05, 0) is 37.6 Å². The Morgan fingerprint density at radius 2 is 2.24 bits per heavy atom. The largest absolute Gasteiger partial charge is 0.281 e. The Labute approximate surface area is 103 Å². The van der Waals surface area contributed by atoms with Crippen molar-refractivity contribution in [3.63, 3.8) is 0 Å². The van der Waals surface area contributed by atoms with Gasteiger partial charge in [0.05, 0.1) is 15.8 Å². The van der Waals surface area contributed by atoms with E-state index < -0.39 is 0 Å². The van der Waals surface area contributed by atoms with Crippen LogP contribution in [0, 0.1) is 10.1 Å². The van der Waals surface area contributed by atoms with E-state index >= 15 is 0 Å². The van der Waals surface area contributed by atoms with Crippen molar-refractivity contribution < 1.29 is 4.92 Å². The molecule has 0 spiro atoms. The second-order valence-electron chi connectivity index (χ2n) is 3.89. The quantitative estimate of drug-likeness (QED) is 0.477. The maximum absolute atomic E-state index is 11.2. The van der Waals surface area contributed by atoms with Gasteiger partial charge in [0.1, 0.15) is 0 Å². The number of hydrogen-bond acceptors (Lipinski definition) is 3. The third kappa shape index (κ3) is 2.36. The Morgan fingerprint density at radius 3 is 2.88 bits per heavy atom. The smallest absolute Gasteiger partial charge is 0.258 e. The maximum atomic E-state index is 11.2. The van der Waals surface area contributed by atoms with Gasteiger partial charge in [0.25, 0.3) is 5.69 Å². The minimum Gasteiger partial charge on any atom is -0.258 e. The van der Waals surface area contributed by atoms with E-state index in [9.17, 15) is 10.1 Å². The van der Waals surface area contributed by atoms with Gasteiger partial charge in [-0.2, -0.15) is 0 Å². The van der Waals surface area contributed by atoms with Gasteiger partial charge in [0.15, 0.2) is 0 Å². The highest BCUT2D eigenvalue weighted by Crippen LogP contribution is 2.29. The molecular formula is C12H11ClN2O2. The lowest BCUT2D eigenvalue weighted by molar-refractivity contribution is -0.383. The average Bonchev–Trinajstić information content (AvgIpc) is 2.27. The van der Waals surface area contributed by atoms with Crippen LogP contribution in [0.1, 0.15) is 12.5 Å². The molecule has 1 unspecified atom stereocenters.